The predicted octanol–water partition coefficient (Wildman–Crippen LogP) is 1.48. The number of nitrogens with two attached hydrogens (primary N) is 1. The number of nitrogens with zero attached hydrogens (tertiary/aromatic N) is 1. The van der Waals surface area contributed by atoms with Gasteiger partial charge in [0.1, 0.15) is 19.3 Å². The average Bonchev–Trinajstić information content (AvgIpc) is 3.29. The van der Waals surface area contributed by atoms with Crippen molar-refractivity contribution in [1.29, 1.82) is 0 Å². The van der Waals surface area contributed by atoms with E-state index in [1.165, 1.54) is 19.3 Å². The van der Waals surface area contributed by atoms with Gasteiger partial charge in [0.05, 0.1) is 17.1 Å². The van der Waals surface area contributed by atoms with Crippen LogP contribution < -0.4 is 21.1 Å². The van der Waals surface area contributed by atoms with Crippen molar-refractivity contribution in [3.8, 4) is 11.5 Å². The van der Waals surface area contributed by atoms with Crippen LogP contribution in [-0.2, 0) is 26.2 Å². The minimum Gasteiger partial charge on any atom is -0.504 e. The number of carbonyl (C=O) groups is 2. The number of aromatic hydroxyl groups is 1. The zero-order valence-electron chi connectivity index (χ0n) is 23.8. The highest BCUT2D eigenvalue weighted by Gasteiger charge is 2.72. The van der Waals surface area contributed by atoms with E-state index in [0.29, 0.717) is 38.0 Å². The topological polar surface area (TPSA) is 146 Å². The molecule has 5 rings (SSSR count). The van der Waals surface area contributed by atoms with Crippen LogP contribution >= 0.6 is 0 Å². The summed E-state index contributed by atoms with van der Waals surface area (Å²) in [5.74, 6) is -0.0261. The number of phenolic OH excluding ortho intramolecular Hbond substituents is 1. The summed E-state index contributed by atoms with van der Waals surface area (Å²) in [6, 6.07) is 3.22. The lowest BCUT2D eigenvalue weighted by Crippen LogP contribution is -2.77. The van der Waals surface area contributed by atoms with Crippen molar-refractivity contribution in [2.45, 2.75) is 99.8 Å². The average molecular weight is 559 g/mol. The predicted molar refractivity (Wildman–Crippen MR) is 150 cm³/mol. The fourth-order valence-corrected chi connectivity index (χ4v) is 7.82. The van der Waals surface area contributed by atoms with Gasteiger partial charge in [-0.1, -0.05) is 38.2 Å². The lowest BCUT2D eigenvalue weighted by molar-refractivity contribution is -0.187. The van der Waals surface area contributed by atoms with Crippen molar-refractivity contribution in [1.82, 2.24) is 15.5 Å². The molecular formula is C30H46N4O6. The molecule has 2 heterocycles. The van der Waals surface area contributed by atoms with E-state index in [2.05, 4.69) is 22.6 Å². The Bertz CT molecular complexity index is 1080. The monoisotopic (exact) mass is 558 g/mol. The standard InChI is InChI=1S/C30H46N4O6/c1-34-16-13-29-26-20-9-10-22(35)27(26)40-28(29)21(11-12-30(29,38)23(34)17-20)33-25(37)19-39-18-24(36)32-15-8-6-4-2-3-5-7-14-31/h9-10,21,23,28,35,38H,2-8,11-19,31H2,1H3,(H,32,36)(H,33,37)/t21-,23?,28-,29-,30+/m0/s1. The molecule has 1 aromatic carbocycles. The van der Waals surface area contributed by atoms with Gasteiger partial charge in [-0.05, 0) is 70.3 Å². The number of benzene rings is 1. The maximum absolute atomic E-state index is 12.9. The van der Waals surface area contributed by atoms with E-state index in [1.54, 1.807) is 6.07 Å². The molecule has 2 fully saturated rings. The molecule has 1 unspecified atom stereocenters. The van der Waals surface area contributed by atoms with Gasteiger partial charge in [0.25, 0.3) is 0 Å². The third-order valence-electron chi connectivity index (χ3n) is 9.75. The molecule has 10 heteroatoms. The number of carbonyl (C=O) groups excluding carboxylic acids is 2. The molecule has 0 radical (unpaired) electrons. The quantitative estimate of drug-likeness (QED) is 0.216. The van der Waals surface area contributed by atoms with E-state index in [4.69, 9.17) is 15.2 Å². The van der Waals surface area contributed by atoms with Gasteiger partial charge >= 0.3 is 0 Å². The first-order valence-electron chi connectivity index (χ1n) is 15.1. The molecule has 2 aliphatic carbocycles. The van der Waals surface area contributed by atoms with Crippen LogP contribution in [0.4, 0.5) is 0 Å². The van der Waals surface area contributed by atoms with E-state index < -0.39 is 17.1 Å². The lowest BCUT2D eigenvalue weighted by atomic mass is 9.48. The third-order valence-corrected chi connectivity index (χ3v) is 9.75. The molecular weight excluding hydrogens is 512 g/mol. The van der Waals surface area contributed by atoms with Crippen molar-refractivity contribution in [2.75, 3.05) is 39.9 Å². The van der Waals surface area contributed by atoms with Gasteiger partial charge in [-0.3, -0.25) is 9.59 Å². The first kappa shape index (κ1) is 29.1. The minimum absolute atomic E-state index is 0.0461. The van der Waals surface area contributed by atoms with Crippen LogP contribution in [0.1, 0.15) is 75.3 Å². The number of amides is 2. The zero-order valence-corrected chi connectivity index (χ0v) is 23.8. The number of hydrogen-bond donors (Lipinski definition) is 5. The Kier molecular flexibility index (Phi) is 8.89. The second-order valence-corrected chi connectivity index (χ2v) is 12.2. The molecule has 1 spiro atoms. The number of hydrogen-bond acceptors (Lipinski definition) is 8. The first-order chi connectivity index (χ1) is 19.3. The second kappa shape index (κ2) is 12.2. The van der Waals surface area contributed by atoms with E-state index in [1.807, 2.05) is 6.07 Å². The molecule has 0 aromatic heterocycles. The summed E-state index contributed by atoms with van der Waals surface area (Å²) in [6.07, 6.45) is 9.82. The number of nitrogens with one attached hydrogen (secondary N) is 2. The smallest absolute Gasteiger partial charge is 0.246 e. The summed E-state index contributed by atoms with van der Waals surface area (Å²) < 4.78 is 11.8. The van der Waals surface area contributed by atoms with Crippen molar-refractivity contribution in [3.63, 3.8) is 0 Å². The van der Waals surface area contributed by atoms with Gasteiger partial charge in [0.2, 0.25) is 11.8 Å². The zero-order chi connectivity index (χ0) is 28.3. The Morgan fingerprint density at radius 2 is 1.82 bits per heavy atom. The Hall–Kier alpha value is -2.40. The maximum Gasteiger partial charge on any atom is 0.246 e. The summed E-state index contributed by atoms with van der Waals surface area (Å²) in [6.45, 7) is 1.77. The number of likely N-dealkylation sites (tertiary alicyclic amines) is 1. The number of likely N-dealkylation sites (N-methyl/N-ethyl adjacent to an activating group) is 1. The van der Waals surface area contributed by atoms with Crippen LogP contribution in [0.25, 0.3) is 0 Å². The first-order valence-corrected chi connectivity index (χ1v) is 15.1. The van der Waals surface area contributed by atoms with Crippen molar-refractivity contribution in [3.05, 3.63) is 23.3 Å². The van der Waals surface area contributed by atoms with Crippen molar-refractivity contribution < 1.29 is 29.3 Å². The third kappa shape index (κ3) is 5.19. The van der Waals surface area contributed by atoms with E-state index >= 15 is 0 Å². The van der Waals surface area contributed by atoms with Crippen LogP contribution in [0.2, 0.25) is 0 Å². The number of phenols is 1. The molecule has 2 bridgehead atoms. The van der Waals surface area contributed by atoms with Gasteiger partial charge in [-0.15, -0.1) is 0 Å². The molecule has 5 atom stereocenters. The maximum atomic E-state index is 12.9. The minimum atomic E-state index is -1.00. The van der Waals surface area contributed by atoms with Crippen LogP contribution in [-0.4, -0.2) is 90.6 Å². The number of unbranched alkanes of at least 4 members (excludes halogenated alkanes) is 6. The van der Waals surface area contributed by atoms with Crippen LogP contribution in [0.15, 0.2) is 12.1 Å². The largest absolute Gasteiger partial charge is 0.504 e. The Morgan fingerprint density at radius 3 is 2.60 bits per heavy atom. The van der Waals surface area contributed by atoms with Crippen LogP contribution in [0.3, 0.4) is 0 Å². The summed E-state index contributed by atoms with van der Waals surface area (Å²) in [5, 5.41) is 28.8. The summed E-state index contributed by atoms with van der Waals surface area (Å²) >= 11 is 0. The summed E-state index contributed by atoms with van der Waals surface area (Å²) in [5.41, 5.74) is 5.84. The van der Waals surface area contributed by atoms with Gasteiger partial charge in [0, 0.05) is 18.2 Å². The van der Waals surface area contributed by atoms with E-state index in [9.17, 15) is 19.8 Å². The summed E-state index contributed by atoms with van der Waals surface area (Å²) in [7, 11) is 2.06. The molecule has 1 saturated carbocycles. The lowest BCUT2D eigenvalue weighted by Gasteiger charge is -2.63. The SMILES string of the molecule is CN1CC[C@]23c4c5ccc(O)c4O[C@H]2[C@@H](NC(=O)COCC(=O)NCCCCCCCCCN)CC[C@@]3(O)C1C5. The number of piperidine rings is 1. The Labute approximate surface area is 237 Å². The second-order valence-electron chi connectivity index (χ2n) is 12.2. The molecule has 40 heavy (non-hydrogen) atoms. The molecule has 1 aromatic rings. The van der Waals surface area contributed by atoms with Crippen molar-refractivity contribution in [2.24, 2.45) is 5.73 Å². The van der Waals surface area contributed by atoms with E-state index in [0.717, 1.165) is 49.9 Å². The molecule has 2 aliphatic heterocycles. The van der Waals surface area contributed by atoms with Gasteiger partial charge in [-0.2, -0.15) is 0 Å². The Balaban J connectivity index is 1.10. The molecule has 10 nitrogen and oxygen atoms in total. The number of ether oxygens (including phenoxy) is 2. The highest BCUT2D eigenvalue weighted by atomic mass is 16.5. The van der Waals surface area contributed by atoms with Crippen molar-refractivity contribution >= 4 is 11.8 Å². The van der Waals surface area contributed by atoms with E-state index in [-0.39, 0.29) is 42.9 Å². The van der Waals surface area contributed by atoms with Crippen LogP contribution in [0.5, 0.6) is 11.5 Å². The van der Waals surface area contributed by atoms with Gasteiger partial charge in [-0.25, -0.2) is 0 Å². The highest BCUT2D eigenvalue weighted by Crippen LogP contribution is 2.65. The number of rotatable bonds is 14. The molecule has 1 saturated heterocycles. The molecule has 4 aliphatic rings. The normalized spacial score (nSPS) is 29.9. The van der Waals surface area contributed by atoms with Gasteiger partial charge < -0.3 is 41.0 Å². The fraction of sp³-hybridized carbons (Fsp3) is 0.733. The molecule has 6 N–H and O–H groups in total. The molecule has 222 valence electrons. The highest BCUT2D eigenvalue weighted by molar-refractivity contribution is 5.80. The summed E-state index contributed by atoms with van der Waals surface area (Å²) in [4.78, 5) is 27.2. The van der Waals surface area contributed by atoms with Gasteiger partial charge in [0.15, 0.2) is 11.5 Å². The Morgan fingerprint density at radius 1 is 1.10 bits per heavy atom. The van der Waals surface area contributed by atoms with Crippen LogP contribution in [0, 0.1) is 0 Å². The fourth-order valence-electron chi connectivity index (χ4n) is 7.82. The molecule has 2 amide bonds. The number of aliphatic hydroxyl groups is 1.